The molecule has 146 valence electrons. The predicted molar refractivity (Wildman–Crippen MR) is 111 cm³/mol. The Bertz CT molecular complexity index is 1150. The van der Waals surface area contributed by atoms with Crippen molar-refractivity contribution in [1.29, 1.82) is 0 Å². The molecule has 1 fully saturated rings. The van der Waals surface area contributed by atoms with E-state index in [0.717, 1.165) is 66.6 Å². The van der Waals surface area contributed by atoms with Gasteiger partial charge in [-0.05, 0) is 49.1 Å². The number of rotatable bonds is 3. The number of fused-ring (bicyclic) bond motifs is 5. The Morgan fingerprint density at radius 1 is 1.18 bits per heavy atom. The van der Waals surface area contributed by atoms with Gasteiger partial charge in [0.05, 0.1) is 11.8 Å². The lowest BCUT2D eigenvalue weighted by atomic mass is 9.99. The van der Waals surface area contributed by atoms with Gasteiger partial charge in [-0.3, -0.25) is 14.2 Å². The molecule has 2 aliphatic rings. The van der Waals surface area contributed by atoms with Gasteiger partial charge in [0.2, 0.25) is 5.91 Å². The van der Waals surface area contributed by atoms with E-state index in [1.807, 2.05) is 4.90 Å². The van der Waals surface area contributed by atoms with Crippen LogP contribution in [0.4, 0.5) is 0 Å². The van der Waals surface area contributed by atoms with Crippen LogP contribution < -0.4 is 5.56 Å². The van der Waals surface area contributed by atoms with E-state index in [1.54, 1.807) is 6.33 Å². The molecule has 6 nitrogen and oxygen atoms in total. The number of amides is 1. The second kappa shape index (κ2) is 6.65. The van der Waals surface area contributed by atoms with Crippen molar-refractivity contribution in [3.63, 3.8) is 0 Å². The first-order valence-corrected chi connectivity index (χ1v) is 11.0. The average molecular weight is 397 g/mol. The average Bonchev–Trinajstić information content (AvgIpc) is 3.41. The molecule has 1 amide bonds. The second-order valence-corrected chi connectivity index (χ2v) is 9.19. The minimum absolute atomic E-state index is 0.00275. The molecule has 4 heterocycles. The zero-order chi connectivity index (χ0) is 19.4. The molecule has 0 saturated carbocycles. The zero-order valence-corrected chi connectivity index (χ0v) is 17.1. The third kappa shape index (κ3) is 2.67. The quantitative estimate of drug-likeness (QED) is 0.682. The summed E-state index contributed by atoms with van der Waals surface area (Å²) in [6.45, 7) is 6.00. The summed E-state index contributed by atoms with van der Waals surface area (Å²) in [7, 11) is 0. The highest BCUT2D eigenvalue weighted by molar-refractivity contribution is 7.25. The van der Waals surface area contributed by atoms with Crippen LogP contribution in [-0.2, 0) is 24.2 Å². The van der Waals surface area contributed by atoms with Crippen LogP contribution in [0.1, 0.15) is 55.8 Å². The van der Waals surface area contributed by atoms with Gasteiger partial charge in [-0.2, -0.15) is 0 Å². The van der Waals surface area contributed by atoms with E-state index < -0.39 is 0 Å². The molecule has 0 unspecified atom stereocenters. The minimum Gasteiger partial charge on any atom is -0.341 e. The molecule has 1 aliphatic heterocycles. The maximum Gasteiger partial charge on any atom is 0.271 e. The number of likely N-dealkylation sites (tertiary alicyclic amines) is 1. The van der Waals surface area contributed by atoms with Gasteiger partial charge in [-0.15, -0.1) is 11.3 Å². The summed E-state index contributed by atoms with van der Waals surface area (Å²) in [6, 6.07) is 0. The van der Waals surface area contributed by atoms with Crippen LogP contribution in [0.5, 0.6) is 0 Å². The van der Waals surface area contributed by atoms with E-state index in [0.29, 0.717) is 10.6 Å². The molecular weight excluding hydrogens is 372 g/mol. The number of pyridine rings is 1. The first-order chi connectivity index (χ1) is 13.5. The highest BCUT2D eigenvalue weighted by Gasteiger charge is 2.26. The van der Waals surface area contributed by atoms with Gasteiger partial charge in [-0.1, -0.05) is 13.8 Å². The summed E-state index contributed by atoms with van der Waals surface area (Å²) >= 11 is 1.43. The molecule has 0 N–H and O–H groups in total. The van der Waals surface area contributed by atoms with Crippen LogP contribution in [0.3, 0.4) is 0 Å². The Balaban J connectivity index is 1.64. The molecule has 0 bridgehead atoms. The standard InChI is InChI=1S/C21H24N4O2S/c1-12(2)17-14-7-5-6-13(14)16-18-19(28-20(16)23-17)21(27)25(11-22-18)10-15(26)24-8-3-4-9-24/h11-12H,3-10H2,1-2H3. The van der Waals surface area contributed by atoms with Gasteiger partial charge in [0, 0.05) is 24.2 Å². The van der Waals surface area contributed by atoms with E-state index in [4.69, 9.17) is 4.98 Å². The summed E-state index contributed by atoms with van der Waals surface area (Å²) in [5, 5.41) is 1.06. The van der Waals surface area contributed by atoms with E-state index in [-0.39, 0.29) is 18.0 Å². The van der Waals surface area contributed by atoms with Gasteiger partial charge in [0.1, 0.15) is 16.1 Å². The Kier molecular flexibility index (Phi) is 4.23. The number of carbonyl (C=O) groups excluding carboxylic acids is 1. The lowest BCUT2D eigenvalue weighted by molar-refractivity contribution is -0.130. The van der Waals surface area contributed by atoms with Crippen LogP contribution in [0.25, 0.3) is 20.4 Å². The van der Waals surface area contributed by atoms with Crippen molar-refractivity contribution in [2.75, 3.05) is 13.1 Å². The summed E-state index contributed by atoms with van der Waals surface area (Å²) in [5.41, 5.74) is 4.49. The summed E-state index contributed by atoms with van der Waals surface area (Å²) in [6.07, 6.45) is 6.85. The number of aryl methyl sites for hydroxylation is 1. The maximum atomic E-state index is 13.1. The van der Waals surface area contributed by atoms with Crippen molar-refractivity contribution in [1.82, 2.24) is 19.4 Å². The van der Waals surface area contributed by atoms with Crippen molar-refractivity contribution in [3.8, 4) is 0 Å². The summed E-state index contributed by atoms with van der Waals surface area (Å²) < 4.78 is 2.08. The normalized spacial score (nSPS) is 16.6. The molecule has 7 heteroatoms. The number of thiophene rings is 1. The lowest BCUT2D eigenvalue weighted by Gasteiger charge is -2.15. The second-order valence-electron chi connectivity index (χ2n) is 8.19. The topological polar surface area (TPSA) is 68.1 Å². The fourth-order valence-electron chi connectivity index (χ4n) is 4.62. The third-order valence-electron chi connectivity index (χ3n) is 6.01. The Hall–Kier alpha value is -2.28. The van der Waals surface area contributed by atoms with Crippen molar-refractivity contribution in [3.05, 3.63) is 33.5 Å². The molecule has 0 radical (unpaired) electrons. The fraction of sp³-hybridized carbons (Fsp3) is 0.524. The van der Waals surface area contributed by atoms with E-state index in [2.05, 4.69) is 18.8 Å². The maximum absolute atomic E-state index is 13.1. The smallest absolute Gasteiger partial charge is 0.271 e. The van der Waals surface area contributed by atoms with Crippen molar-refractivity contribution >= 4 is 37.7 Å². The van der Waals surface area contributed by atoms with Gasteiger partial charge < -0.3 is 4.90 Å². The minimum atomic E-state index is -0.126. The van der Waals surface area contributed by atoms with E-state index in [9.17, 15) is 9.59 Å². The van der Waals surface area contributed by atoms with Crippen LogP contribution in [0, 0.1) is 0 Å². The van der Waals surface area contributed by atoms with Crippen molar-refractivity contribution < 1.29 is 4.79 Å². The number of carbonyl (C=O) groups is 1. The first kappa shape index (κ1) is 17.8. The lowest BCUT2D eigenvalue weighted by Crippen LogP contribution is -2.34. The van der Waals surface area contributed by atoms with E-state index in [1.165, 1.54) is 27.0 Å². The third-order valence-corrected chi connectivity index (χ3v) is 7.07. The highest BCUT2D eigenvalue weighted by atomic mass is 32.1. The number of nitrogens with zero attached hydrogens (tertiary/aromatic N) is 4. The van der Waals surface area contributed by atoms with Crippen LogP contribution >= 0.6 is 11.3 Å². The van der Waals surface area contributed by atoms with Gasteiger partial charge in [0.15, 0.2) is 0 Å². The zero-order valence-electron chi connectivity index (χ0n) is 16.3. The van der Waals surface area contributed by atoms with Crippen LogP contribution in [-0.4, -0.2) is 38.4 Å². The van der Waals surface area contributed by atoms with Crippen LogP contribution in [0.15, 0.2) is 11.1 Å². The number of hydrogen-bond donors (Lipinski definition) is 0. The SMILES string of the molecule is CC(C)c1nc2sc3c(=O)n(CC(=O)N4CCCC4)cnc3c2c2c1CCC2. The molecule has 3 aromatic rings. The molecule has 1 saturated heterocycles. The number of hydrogen-bond acceptors (Lipinski definition) is 5. The van der Waals surface area contributed by atoms with Crippen molar-refractivity contribution in [2.45, 2.75) is 58.4 Å². The molecule has 0 aromatic carbocycles. The van der Waals surface area contributed by atoms with Crippen molar-refractivity contribution in [2.24, 2.45) is 0 Å². The molecule has 1 aliphatic carbocycles. The number of aromatic nitrogens is 3. The predicted octanol–water partition coefficient (Wildman–Crippen LogP) is 3.24. The summed E-state index contributed by atoms with van der Waals surface area (Å²) in [4.78, 5) is 37.9. The molecular formula is C21H24N4O2S. The van der Waals surface area contributed by atoms with Gasteiger partial charge in [-0.25, -0.2) is 9.97 Å². The van der Waals surface area contributed by atoms with E-state index >= 15 is 0 Å². The monoisotopic (exact) mass is 396 g/mol. The molecule has 5 rings (SSSR count). The molecule has 3 aromatic heterocycles. The fourth-order valence-corrected chi connectivity index (χ4v) is 5.74. The van der Waals surface area contributed by atoms with Crippen LogP contribution in [0.2, 0.25) is 0 Å². The highest BCUT2D eigenvalue weighted by Crippen LogP contribution is 2.39. The summed E-state index contributed by atoms with van der Waals surface area (Å²) in [5.74, 6) is 0.368. The van der Waals surface area contributed by atoms with Gasteiger partial charge in [0.25, 0.3) is 5.56 Å². The molecule has 0 spiro atoms. The Morgan fingerprint density at radius 3 is 2.68 bits per heavy atom. The Labute approximate surface area is 167 Å². The van der Waals surface area contributed by atoms with Gasteiger partial charge >= 0.3 is 0 Å². The molecule has 0 atom stereocenters. The molecule has 28 heavy (non-hydrogen) atoms. The Morgan fingerprint density at radius 2 is 1.93 bits per heavy atom. The first-order valence-electron chi connectivity index (χ1n) is 10.2. The largest absolute Gasteiger partial charge is 0.341 e.